The van der Waals surface area contributed by atoms with Gasteiger partial charge in [-0.2, -0.15) is 0 Å². The molecular weight excluding hydrogens is 224 g/mol. The second-order valence-corrected chi connectivity index (χ2v) is 4.90. The van der Waals surface area contributed by atoms with Crippen LogP contribution in [0.3, 0.4) is 0 Å². The van der Waals surface area contributed by atoms with E-state index in [1.807, 2.05) is 4.90 Å². The maximum atomic E-state index is 13.6. The normalized spacial score (nSPS) is 20.3. The SMILES string of the molecule is CC(C)C1CCN(c2nc(N)c(F)cc2F)C1. The Hall–Kier alpha value is -1.39. The fourth-order valence-corrected chi connectivity index (χ4v) is 2.22. The Morgan fingerprint density at radius 2 is 2.12 bits per heavy atom. The van der Waals surface area contributed by atoms with Crippen LogP contribution in [0.5, 0.6) is 0 Å². The van der Waals surface area contributed by atoms with Crippen LogP contribution in [0, 0.1) is 23.5 Å². The predicted octanol–water partition coefficient (Wildman–Crippen LogP) is 2.42. The minimum Gasteiger partial charge on any atom is -0.381 e. The van der Waals surface area contributed by atoms with Gasteiger partial charge in [0.05, 0.1) is 0 Å². The van der Waals surface area contributed by atoms with Crippen molar-refractivity contribution in [1.29, 1.82) is 0 Å². The van der Waals surface area contributed by atoms with Crippen molar-refractivity contribution in [3.05, 3.63) is 17.7 Å². The summed E-state index contributed by atoms with van der Waals surface area (Å²) in [7, 11) is 0. The van der Waals surface area contributed by atoms with Crippen LogP contribution in [-0.4, -0.2) is 18.1 Å². The summed E-state index contributed by atoms with van der Waals surface area (Å²) in [4.78, 5) is 5.64. The molecule has 2 rings (SSSR count). The monoisotopic (exact) mass is 241 g/mol. The van der Waals surface area contributed by atoms with Gasteiger partial charge < -0.3 is 10.6 Å². The molecule has 0 amide bonds. The lowest BCUT2D eigenvalue weighted by molar-refractivity contribution is 0.422. The Morgan fingerprint density at radius 1 is 1.41 bits per heavy atom. The van der Waals surface area contributed by atoms with Crippen molar-refractivity contribution in [2.75, 3.05) is 23.7 Å². The Balaban J connectivity index is 2.22. The molecule has 1 unspecified atom stereocenters. The van der Waals surface area contributed by atoms with Gasteiger partial charge in [-0.3, -0.25) is 0 Å². The molecule has 1 fully saturated rings. The van der Waals surface area contributed by atoms with Crippen LogP contribution < -0.4 is 10.6 Å². The lowest BCUT2D eigenvalue weighted by Gasteiger charge is -2.19. The third-order valence-corrected chi connectivity index (χ3v) is 3.41. The number of nitrogens with zero attached hydrogens (tertiary/aromatic N) is 2. The van der Waals surface area contributed by atoms with Crippen molar-refractivity contribution in [2.24, 2.45) is 11.8 Å². The number of hydrogen-bond donors (Lipinski definition) is 1. The van der Waals surface area contributed by atoms with E-state index in [9.17, 15) is 8.78 Å². The fraction of sp³-hybridized carbons (Fsp3) is 0.583. The minimum atomic E-state index is -0.800. The Kier molecular flexibility index (Phi) is 3.17. The first-order valence-electron chi connectivity index (χ1n) is 5.85. The van der Waals surface area contributed by atoms with E-state index in [-0.39, 0.29) is 11.6 Å². The smallest absolute Gasteiger partial charge is 0.168 e. The molecule has 1 atom stereocenters. The third-order valence-electron chi connectivity index (χ3n) is 3.41. The molecular formula is C12H17F2N3. The lowest BCUT2D eigenvalue weighted by Crippen LogP contribution is -2.24. The molecule has 1 aromatic rings. The zero-order valence-corrected chi connectivity index (χ0v) is 10.1. The van der Waals surface area contributed by atoms with Gasteiger partial charge in [0.2, 0.25) is 0 Å². The number of halogens is 2. The van der Waals surface area contributed by atoms with Crippen LogP contribution in [0.1, 0.15) is 20.3 Å². The highest BCUT2D eigenvalue weighted by atomic mass is 19.1. The van der Waals surface area contributed by atoms with Gasteiger partial charge in [-0.05, 0) is 18.3 Å². The summed E-state index contributed by atoms with van der Waals surface area (Å²) in [6.07, 6.45) is 1.01. The van der Waals surface area contributed by atoms with Crippen molar-refractivity contribution in [1.82, 2.24) is 4.98 Å². The summed E-state index contributed by atoms with van der Waals surface area (Å²) < 4.78 is 26.6. The molecule has 17 heavy (non-hydrogen) atoms. The van der Waals surface area contributed by atoms with E-state index in [1.165, 1.54) is 0 Å². The van der Waals surface area contributed by atoms with E-state index < -0.39 is 11.6 Å². The van der Waals surface area contributed by atoms with Crippen molar-refractivity contribution >= 4 is 11.6 Å². The highest BCUT2D eigenvalue weighted by molar-refractivity contribution is 5.47. The molecule has 3 nitrogen and oxygen atoms in total. The molecule has 0 spiro atoms. The van der Waals surface area contributed by atoms with Crippen LogP contribution in [0.15, 0.2) is 6.07 Å². The van der Waals surface area contributed by atoms with Crippen LogP contribution in [0.4, 0.5) is 20.4 Å². The van der Waals surface area contributed by atoms with Gasteiger partial charge in [-0.15, -0.1) is 0 Å². The van der Waals surface area contributed by atoms with Crippen LogP contribution in [0.25, 0.3) is 0 Å². The first kappa shape index (κ1) is 12.1. The first-order chi connectivity index (χ1) is 7.99. The number of rotatable bonds is 2. The molecule has 2 heterocycles. The Morgan fingerprint density at radius 3 is 2.71 bits per heavy atom. The Labute approximate surface area is 99.6 Å². The predicted molar refractivity (Wildman–Crippen MR) is 63.7 cm³/mol. The van der Waals surface area contributed by atoms with Gasteiger partial charge in [-0.1, -0.05) is 13.8 Å². The minimum absolute atomic E-state index is 0.173. The summed E-state index contributed by atoms with van der Waals surface area (Å²) in [5.74, 6) is -0.420. The van der Waals surface area contributed by atoms with Gasteiger partial charge in [0.1, 0.15) is 0 Å². The zero-order valence-electron chi connectivity index (χ0n) is 10.1. The second kappa shape index (κ2) is 4.47. The van der Waals surface area contributed by atoms with Gasteiger partial charge in [0, 0.05) is 19.2 Å². The molecule has 0 saturated carbocycles. The molecule has 5 heteroatoms. The van der Waals surface area contributed by atoms with Gasteiger partial charge >= 0.3 is 0 Å². The highest BCUT2D eigenvalue weighted by Crippen LogP contribution is 2.29. The summed E-state index contributed by atoms with van der Waals surface area (Å²) >= 11 is 0. The van der Waals surface area contributed by atoms with Crippen LogP contribution in [0.2, 0.25) is 0 Å². The molecule has 94 valence electrons. The van der Waals surface area contributed by atoms with Crippen molar-refractivity contribution in [3.8, 4) is 0 Å². The fourth-order valence-electron chi connectivity index (χ4n) is 2.22. The first-order valence-corrected chi connectivity index (χ1v) is 5.85. The van der Waals surface area contributed by atoms with Crippen molar-refractivity contribution in [2.45, 2.75) is 20.3 Å². The van der Waals surface area contributed by atoms with E-state index >= 15 is 0 Å². The van der Waals surface area contributed by atoms with Crippen LogP contribution in [-0.2, 0) is 0 Å². The molecule has 0 aliphatic carbocycles. The van der Waals surface area contributed by atoms with Crippen molar-refractivity contribution < 1.29 is 8.78 Å². The van der Waals surface area contributed by atoms with Crippen molar-refractivity contribution in [3.63, 3.8) is 0 Å². The van der Waals surface area contributed by atoms with E-state index in [1.54, 1.807) is 0 Å². The zero-order chi connectivity index (χ0) is 12.6. The maximum absolute atomic E-state index is 13.6. The second-order valence-electron chi connectivity index (χ2n) is 4.90. The van der Waals surface area contributed by atoms with Crippen LogP contribution >= 0.6 is 0 Å². The quantitative estimate of drug-likeness (QED) is 0.864. The number of pyridine rings is 1. The standard InChI is InChI=1S/C12H17F2N3/c1-7(2)8-3-4-17(6-8)12-10(14)5-9(13)11(15)16-12/h5,7-8H,3-4,6H2,1-2H3,(H2,15,16). The molecule has 1 aliphatic rings. The lowest BCUT2D eigenvalue weighted by atomic mass is 9.95. The number of hydrogen-bond acceptors (Lipinski definition) is 3. The van der Waals surface area contributed by atoms with Gasteiger partial charge in [0.25, 0.3) is 0 Å². The highest BCUT2D eigenvalue weighted by Gasteiger charge is 2.27. The molecule has 1 saturated heterocycles. The number of anilines is 2. The topological polar surface area (TPSA) is 42.2 Å². The Bertz CT molecular complexity index is 420. The van der Waals surface area contributed by atoms with E-state index in [0.29, 0.717) is 11.8 Å². The molecule has 1 aliphatic heterocycles. The third kappa shape index (κ3) is 2.33. The molecule has 0 radical (unpaired) electrons. The summed E-state index contributed by atoms with van der Waals surface area (Å²) in [5, 5.41) is 0. The average molecular weight is 241 g/mol. The summed E-state index contributed by atoms with van der Waals surface area (Å²) in [6.45, 7) is 5.80. The number of nitrogen functional groups attached to an aromatic ring is 1. The van der Waals surface area contributed by atoms with Gasteiger partial charge in [-0.25, -0.2) is 13.8 Å². The van der Waals surface area contributed by atoms with E-state index in [0.717, 1.165) is 25.6 Å². The molecule has 0 bridgehead atoms. The summed E-state index contributed by atoms with van der Waals surface area (Å²) in [5.41, 5.74) is 5.37. The van der Waals surface area contributed by atoms with Gasteiger partial charge in [0.15, 0.2) is 23.3 Å². The average Bonchev–Trinajstić information content (AvgIpc) is 2.72. The molecule has 2 N–H and O–H groups in total. The molecule has 1 aromatic heterocycles. The molecule has 0 aromatic carbocycles. The van der Waals surface area contributed by atoms with E-state index in [4.69, 9.17) is 5.73 Å². The maximum Gasteiger partial charge on any atom is 0.168 e. The number of nitrogens with two attached hydrogens (primary N) is 1. The number of aromatic nitrogens is 1. The summed E-state index contributed by atoms with van der Waals surface area (Å²) in [6, 6.07) is 0.806. The van der Waals surface area contributed by atoms with E-state index in [2.05, 4.69) is 18.8 Å². The largest absolute Gasteiger partial charge is 0.381 e.